The molecule has 1 rings (SSSR count). The van der Waals surface area contributed by atoms with Crippen molar-refractivity contribution in [3.63, 3.8) is 0 Å². The molecule has 0 aliphatic heterocycles. The maximum atomic E-state index is 11.6. The predicted molar refractivity (Wildman–Crippen MR) is 67.0 cm³/mol. The maximum Gasteiger partial charge on any atom is 0.220 e. The third kappa shape index (κ3) is 5.50. The zero-order chi connectivity index (χ0) is 12.0. The van der Waals surface area contributed by atoms with E-state index in [9.17, 15) is 4.79 Å². The summed E-state index contributed by atoms with van der Waals surface area (Å²) in [5.74, 6) is 1.38. The van der Waals surface area contributed by atoms with E-state index in [1.54, 1.807) is 0 Å². The third-order valence-corrected chi connectivity index (χ3v) is 3.34. The average molecular weight is 226 g/mol. The van der Waals surface area contributed by atoms with Gasteiger partial charge in [0.25, 0.3) is 0 Å². The Balaban J connectivity index is 2.13. The van der Waals surface area contributed by atoms with Crippen LogP contribution in [0, 0.1) is 11.8 Å². The Bertz CT molecular complexity index is 216. The van der Waals surface area contributed by atoms with Crippen LogP contribution < -0.4 is 11.1 Å². The van der Waals surface area contributed by atoms with E-state index in [4.69, 9.17) is 5.73 Å². The summed E-state index contributed by atoms with van der Waals surface area (Å²) >= 11 is 0. The Hall–Kier alpha value is -0.570. The lowest BCUT2D eigenvalue weighted by Crippen LogP contribution is -2.32. The van der Waals surface area contributed by atoms with Gasteiger partial charge in [0.1, 0.15) is 0 Å². The Kier molecular flexibility index (Phi) is 5.81. The fourth-order valence-corrected chi connectivity index (χ4v) is 2.35. The van der Waals surface area contributed by atoms with Crippen molar-refractivity contribution in [2.45, 2.75) is 58.4 Å². The first-order valence-electron chi connectivity index (χ1n) is 6.60. The van der Waals surface area contributed by atoms with Gasteiger partial charge in [-0.15, -0.1) is 0 Å². The lowest BCUT2D eigenvalue weighted by molar-refractivity contribution is -0.122. The van der Waals surface area contributed by atoms with Gasteiger partial charge in [-0.25, -0.2) is 0 Å². The fourth-order valence-electron chi connectivity index (χ4n) is 2.35. The van der Waals surface area contributed by atoms with E-state index in [1.807, 2.05) is 0 Å². The van der Waals surface area contributed by atoms with E-state index >= 15 is 0 Å². The summed E-state index contributed by atoms with van der Waals surface area (Å²) in [4.78, 5) is 11.6. The highest BCUT2D eigenvalue weighted by Gasteiger charge is 2.21. The minimum absolute atomic E-state index is 0.208. The predicted octanol–water partition coefficient (Wildman–Crippen LogP) is 2.06. The van der Waals surface area contributed by atoms with E-state index < -0.39 is 0 Å². The van der Waals surface area contributed by atoms with Gasteiger partial charge in [-0.05, 0) is 37.5 Å². The topological polar surface area (TPSA) is 55.1 Å². The van der Waals surface area contributed by atoms with Crippen LogP contribution in [0.2, 0.25) is 0 Å². The first kappa shape index (κ1) is 13.5. The number of hydrogen-bond donors (Lipinski definition) is 2. The lowest BCUT2D eigenvalue weighted by atomic mass is 9.84. The van der Waals surface area contributed by atoms with Crippen LogP contribution in [0.3, 0.4) is 0 Å². The SMILES string of the molecule is CC(C)CCNC(=O)CC1CCCC(N)C1. The van der Waals surface area contributed by atoms with Gasteiger partial charge in [-0.1, -0.05) is 20.3 Å². The number of amides is 1. The highest BCUT2D eigenvalue weighted by atomic mass is 16.1. The number of hydrogen-bond acceptors (Lipinski definition) is 2. The molecule has 0 heterocycles. The van der Waals surface area contributed by atoms with Crippen molar-refractivity contribution in [1.82, 2.24) is 5.32 Å². The van der Waals surface area contributed by atoms with E-state index in [0.29, 0.717) is 24.3 Å². The van der Waals surface area contributed by atoms with Crippen molar-refractivity contribution < 1.29 is 4.79 Å². The molecule has 0 radical (unpaired) electrons. The summed E-state index contributed by atoms with van der Waals surface area (Å²) in [5.41, 5.74) is 5.91. The van der Waals surface area contributed by atoms with Gasteiger partial charge in [-0.3, -0.25) is 4.79 Å². The third-order valence-electron chi connectivity index (χ3n) is 3.34. The molecule has 3 nitrogen and oxygen atoms in total. The molecule has 0 aromatic carbocycles. The zero-order valence-electron chi connectivity index (χ0n) is 10.7. The molecule has 1 saturated carbocycles. The molecule has 0 aromatic heterocycles. The smallest absolute Gasteiger partial charge is 0.220 e. The molecule has 16 heavy (non-hydrogen) atoms. The summed E-state index contributed by atoms with van der Waals surface area (Å²) in [6.45, 7) is 5.16. The molecule has 0 saturated heterocycles. The van der Waals surface area contributed by atoms with Crippen molar-refractivity contribution in [3.05, 3.63) is 0 Å². The highest BCUT2D eigenvalue weighted by molar-refractivity contribution is 5.76. The molecule has 2 unspecified atom stereocenters. The van der Waals surface area contributed by atoms with Crippen LogP contribution in [0.25, 0.3) is 0 Å². The Morgan fingerprint density at radius 2 is 2.19 bits per heavy atom. The zero-order valence-corrected chi connectivity index (χ0v) is 10.7. The van der Waals surface area contributed by atoms with Crippen LogP contribution in [0.5, 0.6) is 0 Å². The van der Waals surface area contributed by atoms with Crippen molar-refractivity contribution >= 4 is 5.91 Å². The maximum absolute atomic E-state index is 11.6. The minimum Gasteiger partial charge on any atom is -0.356 e. The monoisotopic (exact) mass is 226 g/mol. The second kappa shape index (κ2) is 6.89. The minimum atomic E-state index is 0.208. The standard InChI is InChI=1S/C13H26N2O/c1-10(2)6-7-15-13(16)9-11-4-3-5-12(14)8-11/h10-12H,3-9,14H2,1-2H3,(H,15,16). The number of carbonyl (C=O) groups excluding carboxylic acids is 1. The first-order chi connectivity index (χ1) is 7.58. The molecule has 0 bridgehead atoms. The molecule has 94 valence electrons. The molecule has 3 heteroatoms. The second-order valence-corrected chi connectivity index (χ2v) is 5.53. The fraction of sp³-hybridized carbons (Fsp3) is 0.923. The Morgan fingerprint density at radius 1 is 1.44 bits per heavy atom. The molecule has 0 spiro atoms. The molecule has 0 aromatic rings. The van der Waals surface area contributed by atoms with Crippen LogP contribution in [-0.2, 0) is 4.79 Å². The van der Waals surface area contributed by atoms with Crippen LogP contribution in [-0.4, -0.2) is 18.5 Å². The lowest BCUT2D eigenvalue weighted by Gasteiger charge is -2.26. The molecular formula is C13H26N2O. The molecule has 1 fully saturated rings. The normalized spacial score (nSPS) is 25.8. The number of nitrogens with one attached hydrogen (secondary N) is 1. The summed E-state index contributed by atoms with van der Waals surface area (Å²) < 4.78 is 0. The summed E-state index contributed by atoms with van der Waals surface area (Å²) in [6, 6.07) is 0.321. The van der Waals surface area contributed by atoms with Crippen LogP contribution in [0.4, 0.5) is 0 Å². The average Bonchev–Trinajstić information content (AvgIpc) is 2.16. The first-order valence-corrected chi connectivity index (χ1v) is 6.60. The van der Waals surface area contributed by atoms with Crippen LogP contribution >= 0.6 is 0 Å². The number of nitrogens with two attached hydrogens (primary N) is 1. The Morgan fingerprint density at radius 3 is 2.81 bits per heavy atom. The van der Waals surface area contributed by atoms with Gasteiger partial charge < -0.3 is 11.1 Å². The highest BCUT2D eigenvalue weighted by Crippen LogP contribution is 2.25. The Labute approximate surface area is 99.2 Å². The van der Waals surface area contributed by atoms with E-state index in [0.717, 1.165) is 25.8 Å². The van der Waals surface area contributed by atoms with E-state index in [2.05, 4.69) is 19.2 Å². The van der Waals surface area contributed by atoms with Crippen molar-refractivity contribution in [1.29, 1.82) is 0 Å². The number of rotatable bonds is 5. The van der Waals surface area contributed by atoms with Gasteiger partial charge in [0.15, 0.2) is 0 Å². The summed E-state index contributed by atoms with van der Waals surface area (Å²) in [5, 5.41) is 3.00. The van der Waals surface area contributed by atoms with Crippen molar-refractivity contribution in [2.24, 2.45) is 17.6 Å². The molecular weight excluding hydrogens is 200 g/mol. The molecule has 3 N–H and O–H groups in total. The molecule has 2 atom stereocenters. The van der Waals surface area contributed by atoms with Crippen LogP contribution in [0.1, 0.15) is 52.4 Å². The van der Waals surface area contributed by atoms with Gasteiger partial charge in [0.2, 0.25) is 5.91 Å². The molecule has 1 amide bonds. The second-order valence-electron chi connectivity index (χ2n) is 5.53. The van der Waals surface area contributed by atoms with E-state index in [-0.39, 0.29) is 5.91 Å². The van der Waals surface area contributed by atoms with Gasteiger partial charge >= 0.3 is 0 Å². The molecule has 1 aliphatic rings. The van der Waals surface area contributed by atoms with Crippen molar-refractivity contribution in [3.8, 4) is 0 Å². The van der Waals surface area contributed by atoms with Gasteiger partial charge in [0.05, 0.1) is 0 Å². The van der Waals surface area contributed by atoms with Crippen molar-refractivity contribution in [2.75, 3.05) is 6.54 Å². The van der Waals surface area contributed by atoms with Gasteiger partial charge in [-0.2, -0.15) is 0 Å². The van der Waals surface area contributed by atoms with Gasteiger partial charge in [0, 0.05) is 19.0 Å². The summed E-state index contributed by atoms with van der Waals surface area (Å²) in [7, 11) is 0. The van der Waals surface area contributed by atoms with E-state index in [1.165, 1.54) is 12.8 Å². The summed E-state index contributed by atoms with van der Waals surface area (Å²) in [6.07, 6.45) is 6.25. The van der Waals surface area contributed by atoms with Crippen LogP contribution in [0.15, 0.2) is 0 Å². The molecule has 1 aliphatic carbocycles. The quantitative estimate of drug-likeness (QED) is 0.754. The largest absolute Gasteiger partial charge is 0.356 e. The number of carbonyl (C=O) groups is 1.